The van der Waals surface area contributed by atoms with E-state index < -0.39 is 0 Å². The lowest BCUT2D eigenvalue weighted by Crippen LogP contribution is -2.21. The van der Waals surface area contributed by atoms with Crippen molar-refractivity contribution in [3.05, 3.63) is 35.9 Å². The van der Waals surface area contributed by atoms with E-state index in [2.05, 4.69) is 52.4 Å². The molecule has 72 valence electrons. The van der Waals surface area contributed by atoms with Crippen LogP contribution in [0.25, 0.3) is 0 Å². The first-order valence-electron chi connectivity index (χ1n) is 4.71. The first-order chi connectivity index (χ1) is 6.33. The van der Waals surface area contributed by atoms with E-state index in [0.717, 1.165) is 13.1 Å². The molecule has 0 fully saturated rings. The molecule has 1 aromatic rings. The van der Waals surface area contributed by atoms with Gasteiger partial charge >= 0.3 is 0 Å². The third-order valence-electron chi connectivity index (χ3n) is 1.98. The molecule has 1 nitrogen and oxygen atoms in total. The second-order valence-electron chi connectivity index (χ2n) is 3.12. The van der Waals surface area contributed by atoms with Crippen molar-refractivity contribution < 1.29 is 0 Å². The number of hydrogen-bond acceptors (Lipinski definition) is 1. The van der Waals surface area contributed by atoms with Gasteiger partial charge in [0.2, 0.25) is 0 Å². The van der Waals surface area contributed by atoms with Crippen molar-refractivity contribution in [1.82, 2.24) is 5.32 Å². The molecule has 0 radical (unpaired) electrons. The molecule has 1 N–H and O–H groups in total. The lowest BCUT2D eigenvalue weighted by Gasteiger charge is -2.08. The molecule has 0 spiro atoms. The minimum absolute atomic E-state index is 0.594. The Kier molecular flexibility index (Phi) is 5.09. The maximum absolute atomic E-state index is 3.59. The highest BCUT2D eigenvalue weighted by Crippen LogP contribution is 2.03. The maximum atomic E-state index is 3.59. The van der Waals surface area contributed by atoms with Gasteiger partial charge in [-0.05, 0) is 12.0 Å². The Balaban J connectivity index is 2.20. The van der Waals surface area contributed by atoms with Gasteiger partial charge in [-0.3, -0.25) is 0 Å². The molecule has 1 atom stereocenters. The van der Waals surface area contributed by atoms with Gasteiger partial charge in [-0.1, -0.05) is 53.2 Å². The quantitative estimate of drug-likeness (QED) is 0.783. The molecule has 0 aliphatic heterocycles. The summed E-state index contributed by atoms with van der Waals surface area (Å²) in [4.78, 5) is 0.594. The van der Waals surface area contributed by atoms with Gasteiger partial charge in [0.15, 0.2) is 0 Å². The van der Waals surface area contributed by atoms with E-state index in [0.29, 0.717) is 4.83 Å². The standard InChI is InChI=1S/C11H16BrN/c1-2-11(12)9-13-8-10-6-4-3-5-7-10/h3-7,11,13H,2,8-9H2,1H3/t11-/m0/s1. The summed E-state index contributed by atoms with van der Waals surface area (Å²) in [6.07, 6.45) is 1.17. The van der Waals surface area contributed by atoms with Crippen LogP contribution in [-0.2, 0) is 6.54 Å². The van der Waals surface area contributed by atoms with Gasteiger partial charge < -0.3 is 5.32 Å². The van der Waals surface area contributed by atoms with Crippen LogP contribution in [0.1, 0.15) is 18.9 Å². The van der Waals surface area contributed by atoms with E-state index in [1.807, 2.05) is 6.07 Å². The zero-order chi connectivity index (χ0) is 9.52. The van der Waals surface area contributed by atoms with Gasteiger partial charge in [0, 0.05) is 17.9 Å². The summed E-state index contributed by atoms with van der Waals surface area (Å²) in [5, 5.41) is 3.41. The Hall–Kier alpha value is -0.340. The molecular formula is C11H16BrN. The summed E-state index contributed by atoms with van der Waals surface area (Å²) < 4.78 is 0. The van der Waals surface area contributed by atoms with Crippen LogP contribution in [0, 0.1) is 0 Å². The molecule has 0 aromatic heterocycles. The zero-order valence-corrected chi connectivity index (χ0v) is 9.55. The second-order valence-corrected chi connectivity index (χ2v) is 4.42. The monoisotopic (exact) mass is 241 g/mol. The summed E-state index contributed by atoms with van der Waals surface area (Å²) in [7, 11) is 0. The van der Waals surface area contributed by atoms with Crippen molar-refractivity contribution >= 4 is 15.9 Å². The number of benzene rings is 1. The Bertz CT molecular complexity index is 223. The van der Waals surface area contributed by atoms with Gasteiger partial charge in [0.05, 0.1) is 0 Å². The van der Waals surface area contributed by atoms with Gasteiger partial charge in [0.25, 0.3) is 0 Å². The highest BCUT2D eigenvalue weighted by Gasteiger charge is 1.98. The number of nitrogens with one attached hydrogen (secondary N) is 1. The number of alkyl halides is 1. The lowest BCUT2D eigenvalue weighted by atomic mass is 10.2. The highest BCUT2D eigenvalue weighted by atomic mass is 79.9. The van der Waals surface area contributed by atoms with Gasteiger partial charge in [-0.25, -0.2) is 0 Å². The molecule has 2 heteroatoms. The van der Waals surface area contributed by atoms with Crippen molar-refractivity contribution in [2.75, 3.05) is 6.54 Å². The van der Waals surface area contributed by atoms with Crippen LogP contribution in [0.2, 0.25) is 0 Å². The van der Waals surface area contributed by atoms with Crippen LogP contribution in [0.15, 0.2) is 30.3 Å². The van der Waals surface area contributed by atoms with E-state index in [1.165, 1.54) is 12.0 Å². The van der Waals surface area contributed by atoms with Crippen molar-refractivity contribution in [3.63, 3.8) is 0 Å². The molecule has 0 unspecified atom stereocenters. The minimum atomic E-state index is 0.594. The highest BCUT2D eigenvalue weighted by molar-refractivity contribution is 9.09. The molecule has 0 amide bonds. The van der Waals surface area contributed by atoms with Crippen LogP contribution in [-0.4, -0.2) is 11.4 Å². The van der Waals surface area contributed by atoms with Crippen molar-refractivity contribution in [3.8, 4) is 0 Å². The molecule has 0 heterocycles. The van der Waals surface area contributed by atoms with Crippen LogP contribution in [0.5, 0.6) is 0 Å². The summed E-state index contributed by atoms with van der Waals surface area (Å²) in [5.41, 5.74) is 1.35. The molecular weight excluding hydrogens is 226 g/mol. The topological polar surface area (TPSA) is 12.0 Å². The molecule has 1 aromatic carbocycles. The van der Waals surface area contributed by atoms with Gasteiger partial charge in [-0.15, -0.1) is 0 Å². The largest absolute Gasteiger partial charge is 0.312 e. The summed E-state index contributed by atoms with van der Waals surface area (Å²) in [5.74, 6) is 0. The molecule has 0 aliphatic carbocycles. The third kappa shape index (κ3) is 4.44. The fourth-order valence-electron chi connectivity index (χ4n) is 1.11. The van der Waals surface area contributed by atoms with Crippen LogP contribution < -0.4 is 5.32 Å². The normalized spacial score (nSPS) is 12.8. The zero-order valence-electron chi connectivity index (χ0n) is 7.96. The molecule has 1 rings (SSSR count). The van der Waals surface area contributed by atoms with E-state index in [-0.39, 0.29) is 0 Å². The SMILES string of the molecule is CC[C@H](Br)CNCc1ccccc1. The first kappa shape index (κ1) is 10.7. The van der Waals surface area contributed by atoms with Gasteiger partial charge in [0.1, 0.15) is 0 Å². The predicted octanol–water partition coefficient (Wildman–Crippen LogP) is 2.95. The number of rotatable bonds is 5. The Morgan fingerprint density at radius 3 is 2.62 bits per heavy atom. The maximum Gasteiger partial charge on any atom is 0.0268 e. The smallest absolute Gasteiger partial charge is 0.0268 e. The van der Waals surface area contributed by atoms with Crippen LogP contribution in [0.4, 0.5) is 0 Å². The lowest BCUT2D eigenvalue weighted by molar-refractivity contribution is 0.658. The van der Waals surface area contributed by atoms with Gasteiger partial charge in [-0.2, -0.15) is 0 Å². The summed E-state index contributed by atoms with van der Waals surface area (Å²) in [6, 6.07) is 10.5. The fraction of sp³-hybridized carbons (Fsp3) is 0.455. The molecule has 0 aliphatic rings. The number of hydrogen-bond donors (Lipinski definition) is 1. The fourth-order valence-corrected chi connectivity index (χ4v) is 1.34. The molecule has 0 saturated heterocycles. The summed E-state index contributed by atoms with van der Waals surface area (Å²) in [6.45, 7) is 4.18. The first-order valence-corrected chi connectivity index (χ1v) is 5.63. The third-order valence-corrected chi connectivity index (χ3v) is 2.95. The second kappa shape index (κ2) is 6.17. The van der Waals surface area contributed by atoms with Crippen molar-refractivity contribution in [2.24, 2.45) is 0 Å². The average Bonchev–Trinajstić information content (AvgIpc) is 2.19. The Labute approximate surface area is 88.7 Å². The van der Waals surface area contributed by atoms with E-state index in [1.54, 1.807) is 0 Å². The van der Waals surface area contributed by atoms with E-state index in [9.17, 15) is 0 Å². The van der Waals surface area contributed by atoms with Crippen molar-refractivity contribution in [2.45, 2.75) is 24.7 Å². The Morgan fingerprint density at radius 2 is 2.00 bits per heavy atom. The predicted molar refractivity (Wildman–Crippen MR) is 61.2 cm³/mol. The Morgan fingerprint density at radius 1 is 1.31 bits per heavy atom. The molecule has 0 saturated carbocycles. The number of halogens is 1. The van der Waals surface area contributed by atoms with E-state index in [4.69, 9.17) is 0 Å². The molecule has 0 bridgehead atoms. The van der Waals surface area contributed by atoms with E-state index >= 15 is 0 Å². The minimum Gasteiger partial charge on any atom is -0.312 e. The van der Waals surface area contributed by atoms with Crippen LogP contribution in [0.3, 0.4) is 0 Å². The summed E-state index contributed by atoms with van der Waals surface area (Å²) >= 11 is 3.59. The average molecular weight is 242 g/mol. The van der Waals surface area contributed by atoms with Crippen molar-refractivity contribution in [1.29, 1.82) is 0 Å². The molecule has 13 heavy (non-hydrogen) atoms. The van der Waals surface area contributed by atoms with Crippen LogP contribution >= 0.6 is 15.9 Å².